The molecule has 228 valence electrons. The third-order valence-electron chi connectivity index (χ3n) is 8.92. The molecule has 1 nitrogen and oxygen atoms in total. The van der Waals surface area contributed by atoms with Gasteiger partial charge in [0, 0.05) is 10.8 Å². The molecule has 1 aromatic heterocycles. The zero-order chi connectivity index (χ0) is 45.4. The van der Waals surface area contributed by atoms with Crippen molar-refractivity contribution in [3.8, 4) is 44.5 Å². The van der Waals surface area contributed by atoms with Crippen LogP contribution >= 0.6 is 0 Å². The molecule has 0 unspecified atom stereocenters. The van der Waals surface area contributed by atoms with Gasteiger partial charge in [-0.1, -0.05) is 151 Å². The van der Waals surface area contributed by atoms with Crippen LogP contribution in [0.5, 0.6) is 0 Å². The fourth-order valence-corrected chi connectivity index (χ4v) is 6.76. The molecule has 1 heterocycles. The normalized spacial score (nSPS) is 16.0. The van der Waals surface area contributed by atoms with Gasteiger partial charge in [0.05, 0.1) is 20.6 Å². The zero-order valence-corrected chi connectivity index (χ0v) is 25.6. The van der Waals surface area contributed by atoms with E-state index in [0.717, 1.165) is 10.8 Å². The molecule has 0 fully saturated rings. The van der Waals surface area contributed by atoms with Gasteiger partial charge in [0.2, 0.25) is 0 Å². The van der Waals surface area contributed by atoms with Gasteiger partial charge in [0.15, 0.2) is 0 Å². The van der Waals surface area contributed by atoms with E-state index in [4.69, 9.17) is 16.8 Å². The summed E-state index contributed by atoms with van der Waals surface area (Å²) in [6.45, 7) is 0. The highest BCUT2D eigenvalue weighted by Gasteiger charge is 2.20. The largest absolute Gasteiger partial charge is 0.456 e. The average Bonchev–Trinajstić information content (AvgIpc) is 3.70. The molecular formula is C48H30O. The average molecular weight is 638 g/mol. The fraction of sp³-hybridized carbons (Fsp3) is 0. The predicted octanol–water partition coefficient (Wildman–Crippen LogP) is 13.7. The van der Waals surface area contributed by atoms with Crippen molar-refractivity contribution < 1.29 is 25.0 Å². The molecule has 0 aliphatic heterocycles. The molecule has 10 rings (SSSR count). The molecule has 0 N–H and O–H groups in total. The van der Waals surface area contributed by atoms with Crippen LogP contribution in [-0.2, 0) is 0 Å². The highest BCUT2D eigenvalue weighted by Crippen LogP contribution is 2.47. The van der Waals surface area contributed by atoms with Gasteiger partial charge in [-0.05, 0) is 107 Å². The Balaban J connectivity index is 1.34. The monoisotopic (exact) mass is 637 g/mol. The van der Waals surface area contributed by atoms with Crippen molar-refractivity contribution in [2.45, 2.75) is 0 Å². The Morgan fingerprint density at radius 2 is 1.02 bits per heavy atom. The van der Waals surface area contributed by atoms with Crippen LogP contribution < -0.4 is 0 Å². The first-order valence-corrected chi connectivity index (χ1v) is 15.6. The van der Waals surface area contributed by atoms with Gasteiger partial charge in [-0.25, -0.2) is 0 Å². The van der Waals surface area contributed by atoms with Gasteiger partial charge in [0.1, 0.15) is 11.2 Å². The maximum Gasteiger partial charge on any atom is 0.136 e. The Morgan fingerprint density at radius 1 is 0.388 bits per heavy atom. The van der Waals surface area contributed by atoms with Gasteiger partial charge in [0.25, 0.3) is 0 Å². The number of furan rings is 1. The molecule has 0 aliphatic carbocycles. The standard InChI is InChI=1S/C48H30O/c1-2-12-31(13-3-1)36-26-27-42-45(30-36)49-44-23-11-22-43(48(42)44)47-40-20-8-6-18-38(40)46(39-19-7-9-21-41(39)47)37-17-10-16-34(29-37)35-25-24-32-14-4-5-15-33(32)28-35/h1-30H/i1D,2D,3D,10D,11D,12D,13D,16D,17D,22D,23D,26D,27D,29D,30D. The first-order valence-electron chi connectivity index (χ1n) is 23.1. The molecule has 0 aliphatic rings. The number of fused-ring (bicyclic) bond motifs is 6. The van der Waals surface area contributed by atoms with Crippen molar-refractivity contribution in [2.75, 3.05) is 0 Å². The number of rotatable bonds is 4. The summed E-state index contributed by atoms with van der Waals surface area (Å²) < 4.78 is 140. The Morgan fingerprint density at radius 3 is 1.80 bits per heavy atom. The molecule has 0 saturated heterocycles. The van der Waals surface area contributed by atoms with Crippen LogP contribution in [0.1, 0.15) is 20.6 Å². The molecule has 0 bridgehead atoms. The third-order valence-corrected chi connectivity index (χ3v) is 8.92. The summed E-state index contributed by atoms with van der Waals surface area (Å²) in [5.74, 6) is 0. The topological polar surface area (TPSA) is 13.1 Å². The lowest BCUT2D eigenvalue weighted by Crippen LogP contribution is -1.91. The maximum absolute atomic E-state index is 9.72. The molecule has 0 radical (unpaired) electrons. The van der Waals surface area contributed by atoms with Gasteiger partial charge in [-0.15, -0.1) is 0 Å². The molecule has 10 aromatic rings. The second-order valence-corrected chi connectivity index (χ2v) is 11.7. The minimum absolute atomic E-state index is 0.0170. The highest BCUT2D eigenvalue weighted by atomic mass is 16.3. The Bertz CT molecular complexity index is 3660. The first kappa shape index (κ1) is 16.6. The minimum Gasteiger partial charge on any atom is -0.456 e. The zero-order valence-electron chi connectivity index (χ0n) is 40.6. The van der Waals surface area contributed by atoms with E-state index in [1.165, 1.54) is 0 Å². The van der Waals surface area contributed by atoms with Crippen molar-refractivity contribution in [3.05, 3.63) is 182 Å². The molecule has 1 heteroatoms. The van der Waals surface area contributed by atoms with Crippen LogP contribution in [0.15, 0.2) is 186 Å². The van der Waals surface area contributed by atoms with Gasteiger partial charge in [-0.3, -0.25) is 0 Å². The van der Waals surface area contributed by atoms with Gasteiger partial charge >= 0.3 is 0 Å². The van der Waals surface area contributed by atoms with Crippen molar-refractivity contribution in [3.63, 3.8) is 0 Å². The number of benzene rings is 9. The maximum atomic E-state index is 9.72. The van der Waals surface area contributed by atoms with E-state index in [9.17, 15) is 8.22 Å². The predicted molar refractivity (Wildman–Crippen MR) is 208 cm³/mol. The van der Waals surface area contributed by atoms with Crippen molar-refractivity contribution >= 4 is 54.3 Å². The van der Waals surface area contributed by atoms with Crippen LogP contribution in [0.25, 0.3) is 98.8 Å². The molecule has 9 aromatic carbocycles. The summed E-state index contributed by atoms with van der Waals surface area (Å²) in [6, 6.07) is 19.4. The lowest BCUT2D eigenvalue weighted by molar-refractivity contribution is 0.669. The molecule has 49 heavy (non-hydrogen) atoms. The molecular weight excluding hydrogens is 593 g/mol. The summed E-state index contributed by atoms with van der Waals surface area (Å²) in [5, 5.41) is 3.55. The minimum atomic E-state index is -0.698. The molecule has 0 amide bonds. The summed E-state index contributed by atoms with van der Waals surface area (Å²) in [4.78, 5) is 0. The molecule has 0 atom stereocenters. The summed E-state index contributed by atoms with van der Waals surface area (Å²) in [6.07, 6.45) is 0. The Hall–Kier alpha value is -6.44. The van der Waals surface area contributed by atoms with Crippen molar-refractivity contribution in [2.24, 2.45) is 0 Å². The van der Waals surface area contributed by atoms with Crippen LogP contribution in [0.4, 0.5) is 0 Å². The van der Waals surface area contributed by atoms with Crippen LogP contribution in [0.3, 0.4) is 0 Å². The van der Waals surface area contributed by atoms with Crippen LogP contribution in [0.2, 0.25) is 0 Å². The quantitative estimate of drug-likeness (QED) is 0.175. The Labute approximate surface area is 305 Å². The van der Waals surface area contributed by atoms with Crippen LogP contribution in [0, 0.1) is 0 Å². The highest BCUT2D eigenvalue weighted by molar-refractivity contribution is 6.25. The van der Waals surface area contributed by atoms with E-state index < -0.39 is 77.6 Å². The Kier molecular flexibility index (Phi) is 3.75. The van der Waals surface area contributed by atoms with E-state index in [-0.39, 0.29) is 62.8 Å². The summed E-state index contributed by atoms with van der Waals surface area (Å²) in [7, 11) is 0. The molecule has 0 saturated carbocycles. The lowest BCUT2D eigenvalue weighted by Gasteiger charge is -2.18. The first-order chi connectivity index (χ1) is 30.6. The van der Waals surface area contributed by atoms with E-state index >= 15 is 0 Å². The van der Waals surface area contributed by atoms with Gasteiger partial charge < -0.3 is 4.42 Å². The summed E-state index contributed by atoms with van der Waals surface area (Å²) in [5.41, 5.74) is 0.0611. The fourth-order valence-electron chi connectivity index (χ4n) is 6.76. The third kappa shape index (κ3) is 4.47. The van der Waals surface area contributed by atoms with Crippen molar-refractivity contribution in [1.29, 1.82) is 0 Å². The smallest absolute Gasteiger partial charge is 0.136 e. The second kappa shape index (κ2) is 11.1. The molecule has 0 spiro atoms. The van der Waals surface area contributed by atoms with Crippen molar-refractivity contribution in [1.82, 2.24) is 0 Å². The van der Waals surface area contributed by atoms with E-state index in [1.54, 1.807) is 54.6 Å². The van der Waals surface area contributed by atoms with Crippen LogP contribution in [-0.4, -0.2) is 0 Å². The number of hydrogen-bond acceptors (Lipinski definition) is 1. The summed E-state index contributed by atoms with van der Waals surface area (Å²) >= 11 is 0. The lowest BCUT2D eigenvalue weighted by atomic mass is 9.84. The van der Waals surface area contributed by atoms with Gasteiger partial charge in [-0.2, -0.15) is 0 Å². The number of hydrogen-bond donors (Lipinski definition) is 0. The van der Waals surface area contributed by atoms with E-state index in [0.29, 0.717) is 38.2 Å². The second-order valence-electron chi connectivity index (χ2n) is 11.7. The van der Waals surface area contributed by atoms with E-state index in [2.05, 4.69) is 0 Å². The van der Waals surface area contributed by atoms with E-state index in [1.807, 2.05) is 36.4 Å². The SMILES string of the molecule is [2H]c1c([2H])c([2H])c(-c2c([2H])c([2H])c3c(oc4c([2H])c([2H])c([2H])c(-c5c6ccccc6c(-c6c([2H])c([2H])c([2H])c(-c7ccc8ccccc8c7)c6[2H])c6ccccc56)c43)c2[2H])c([2H])c1[2H].